The molecule has 4 heteroatoms. The second kappa shape index (κ2) is 6.20. The zero-order valence-corrected chi connectivity index (χ0v) is 12.5. The number of aliphatic hydroxyl groups is 1. The Morgan fingerprint density at radius 1 is 1.23 bits per heavy atom. The highest BCUT2D eigenvalue weighted by Crippen LogP contribution is 2.31. The van der Waals surface area contributed by atoms with Crippen molar-refractivity contribution in [1.82, 2.24) is 5.32 Å². The van der Waals surface area contributed by atoms with Crippen LogP contribution in [0.1, 0.15) is 22.7 Å². The summed E-state index contributed by atoms with van der Waals surface area (Å²) in [6.45, 7) is 1.93. The molecule has 0 heterocycles. The summed E-state index contributed by atoms with van der Waals surface area (Å²) in [5.74, 6) is 0.425. The first kappa shape index (κ1) is 14.6. The van der Waals surface area contributed by atoms with Crippen molar-refractivity contribution in [1.29, 1.82) is 0 Å². The van der Waals surface area contributed by atoms with Gasteiger partial charge in [0.1, 0.15) is 5.75 Å². The molecule has 1 amide bonds. The number of carbonyl (C=O) groups is 1. The molecule has 2 unspecified atom stereocenters. The van der Waals surface area contributed by atoms with Crippen LogP contribution < -0.4 is 10.1 Å². The number of benzene rings is 2. The molecule has 2 aromatic carbocycles. The number of hydrogen-bond donors (Lipinski definition) is 2. The van der Waals surface area contributed by atoms with E-state index in [1.54, 1.807) is 0 Å². The number of nitrogens with one attached hydrogen (secondary N) is 1. The van der Waals surface area contributed by atoms with E-state index in [2.05, 4.69) is 5.32 Å². The molecule has 4 nitrogen and oxygen atoms in total. The lowest BCUT2D eigenvalue weighted by atomic mass is 10.1. The molecule has 0 aliphatic heterocycles. The number of ether oxygens (including phenoxy) is 1. The van der Waals surface area contributed by atoms with Crippen LogP contribution >= 0.6 is 0 Å². The van der Waals surface area contributed by atoms with E-state index >= 15 is 0 Å². The molecular formula is C18H19NO3. The molecule has 22 heavy (non-hydrogen) atoms. The maximum Gasteiger partial charge on any atom is 0.258 e. The second-order valence-corrected chi connectivity index (χ2v) is 5.62. The minimum atomic E-state index is -0.583. The van der Waals surface area contributed by atoms with Gasteiger partial charge in [0.25, 0.3) is 5.91 Å². The molecule has 0 bridgehead atoms. The molecule has 0 radical (unpaired) electrons. The third kappa shape index (κ3) is 3.12. The topological polar surface area (TPSA) is 58.6 Å². The van der Waals surface area contributed by atoms with Gasteiger partial charge >= 0.3 is 0 Å². The van der Waals surface area contributed by atoms with E-state index in [9.17, 15) is 9.90 Å². The van der Waals surface area contributed by atoms with Crippen molar-refractivity contribution < 1.29 is 14.6 Å². The Hall–Kier alpha value is -2.33. The molecular weight excluding hydrogens is 278 g/mol. The summed E-state index contributed by atoms with van der Waals surface area (Å²) in [4.78, 5) is 12.0. The van der Waals surface area contributed by atoms with Crippen LogP contribution in [0, 0.1) is 6.92 Å². The van der Waals surface area contributed by atoms with Gasteiger partial charge in [0.2, 0.25) is 0 Å². The molecule has 2 aromatic rings. The van der Waals surface area contributed by atoms with Gasteiger partial charge in [-0.1, -0.05) is 42.0 Å². The van der Waals surface area contributed by atoms with Gasteiger partial charge in [-0.05, 0) is 30.2 Å². The van der Waals surface area contributed by atoms with Crippen molar-refractivity contribution in [3.63, 3.8) is 0 Å². The average molecular weight is 297 g/mol. The van der Waals surface area contributed by atoms with Gasteiger partial charge in [0.05, 0.1) is 12.1 Å². The number of rotatable bonds is 4. The Morgan fingerprint density at radius 2 is 1.95 bits per heavy atom. The first-order chi connectivity index (χ1) is 10.6. The Morgan fingerprint density at radius 3 is 2.73 bits per heavy atom. The predicted octanol–water partition coefficient (Wildman–Crippen LogP) is 2.15. The van der Waals surface area contributed by atoms with Gasteiger partial charge in [0.15, 0.2) is 6.61 Å². The fourth-order valence-corrected chi connectivity index (χ4v) is 2.75. The molecule has 1 aliphatic carbocycles. The van der Waals surface area contributed by atoms with Crippen molar-refractivity contribution >= 4 is 5.91 Å². The number of aryl methyl sites for hydroxylation is 1. The number of amides is 1. The summed E-state index contributed by atoms with van der Waals surface area (Å²) in [6, 6.07) is 15.0. The Bertz CT molecular complexity index is 666. The summed E-state index contributed by atoms with van der Waals surface area (Å²) in [6.07, 6.45) is -0.0133. The van der Waals surface area contributed by atoms with Crippen LogP contribution in [0.2, 0.25) is 0 Å². The third-order valence-electron chi connectivity index (χ3n) is 3.91. The molecule has 0 spiro atoms. The highest BCUT2D eigenvalue weighted by Gasteiger charge is 2.31. The quantitative estimate of drug-likeness (QED) is 0.909. The minimum Gasteiger partial charge on any atom is -0.484 e. The van der Waals surface area contributed by atoms with Crippen LogP contribution in [0.25, 0.3) is 0 Å². The van der Waals surface area contributed by atoms with Crippen LogP contribution in [-0.2, 0) is 11.2 Å². The fourth-order valence-electron chi connectivity index (χ4n) is 2.75. The molecule has 0 saturated heterocycles. The molecule has 2 atom stereocenters. The largest absolute Gasteiger partial charge is 0.484 e. The summed E-state index contributed by atoms with van der Waals surface area (Å²) >= 11 is 0. The van der Waals surface area contributed by atoms with E-state index in [-0.39, 0.29) is 18.6 Å². The fraction of sp³-hybridized carbons (Fsp3) is 0.278. The van der Waals surface area contributed by atoms with Gasteiger partial charge in [-0.3, -0.25) is 4.79 Å². The van der Waals surface area contributed by atoms with E-state index in [1.807, 2.05) is 55.5 Å². The minimum absolute atomic E-state index is 0.0611. The van der Waals surface area contributed by atoms with Crippen molar-refractivity contribution in [3.8, 4) is 5.75 Å². The molecule has 0 saturated carbocycles. The van der Waals surface area contributed by atoms with Crippen molar-refractivity contribution in [2.45, 2.75) is 25.5 Å². The molecule has 2 N–H and O–H groups in total. The van der Waals surface area contributed by atoms with Crippen molar-refractivity contribution in [2.75, 3.05) is 6.61 Å². The molecule has 0 fully saturated rings. The van der Waals surface area contributed by atoms with Crippen LogP contribution in [-0.4, -0.2) is 23.7 Å². The standard InChI is InChI=1S/C18H19NO3/c1-12-6-8-14(9-7-12)22-11-17(21)19-18-15-5-3-2-4-13(15)10-16(18)20/h2-9,16,18,20H,10-11H2,1H3,(H,19,21). The molecule has 0 aromatic heterocycles. The summed E-state index contributed by atoms with van der Waals surface area (Å²) in [5, 5.41) is 13.0. The van der Waals surface area contributed by atoms with Gasteiger partial charge in [-0.25, -0.2) is 0 Å². The van der Waals surface area contributed by atoms with E-state index in [0.29, 0.717) is 12.2 Å². The van der Waals surface area contributed by atoms with Crippen molar-refractivity contribution in [3.05, 3.63) is 65.2 Å². The maximum absolute atomic E-state index is 12.0. The normalized spacial score (nSPS) is 19.5. The first-order valence-electron chi connectivity index (χ1n) is 7.38. The number of hydrogen-bond acceptors (Lipinski definition) is 3. The Kier molecular flexibility index (Phi) is 4.11. The highest BCUT2D eigenvalue weighted by atomic mass is 16.5. The van der Waals surface area contributed by atoms with Gasteiger partial charge in [0, 0.05) is 6.42 Å². The van der Waals surface area contributed by atoms with Crippen LogP contribution in [0.4, 0.5) is 0 Å². The monoisotopic (exact) mass is 297 g/mol. The lowest BCUT2D eigenvalue weighted by Gasteiger charge is -2.18. The van der Waals surface area contributed by atoms with Crippen molar-refractivity contribution in [2.24, 2.45) is 0 Å². The van der Waals surface area contributed by atoms with Crippen LogP contribution in [0.3, 0.4) is 0 Å². The zero-order valence-electron chi connectivity index (χ0n) is 12.5. The third-order valence-corrected chi connectivity index (χ3v) is 3.91. The average Bonchev–Trinajstić information content (AvgIpc) is 2.83. The lowest BCUT2D eigenvalue weighted by Crippen LogP contribution is -2.36. The van der Waals surface area contributed by atoms with Gasteiger partial charge in [-0.15, -0.1) is 0 Å². The molecule has 3 rings (SSSR count). The summed E-state index contributed by atoms with van der Waals surface area (Å²) in [5.41, 5.74) is 3.21. The Labute approximate surface area is 129 Å². The van der Waals surface area contributed by atoms with Crippen LogP contribution in [0.15, 0.2) is 48.5 Å². The van der Waals surface area contributed by atoms with E-state index in [4.69, 9.17) is 4.74 Å². The van der Waals surface area contributed by atoms with E-state index in [1.165, 1.54) is 0 Å². The van der Waals surface area contributed by atoms with E-state index < -0.39 is 6.10 Å². The molecule has 1 aliphatic rings. The number of fused-ring (bicyclic) bond motifs is 1. The second-order valence-electron chi connectivity index (χ2n) is 5.62. The maximum atomic E-state index is 12.0. The Balaban J connectivity index is 1.59. The predicted molar refractivity (Wildman–Crippen MR) is 83.7 cm³/mol. The summed E-state index contributed by atoms with van der Waals surface area (Å²) in [7, 11) is 0. The van der Waals surface area contributed by atoms with E-state index in [0.717, 1.165) is 16.7 Å². The number of carbonyl (C=O) groups excluding carboxylic acids is 1. The van der Waals surface area contributed by atoms with Crippen LogP contribution in [0.5, 0.6) is 5.75 Å². The van der Waals surface area contributed by atoms with Gasteiger partial charge in [-0.2, -0.15) is 0 Å². The first-order valence-corrected chi connectivity index (χ1v) is 7.38. The van der Waals surface area contributed by atoms with Gasteiger partial charge < -0.3 is 15.2 Å². The molecule has 114 valence electrons. The SMILES string of the molecule is Cc1ccc(OCC(=O)NC2c3ccccc3CC2O)cc1. The number of aliphatic hydroxyl groups excluding tert-OH is 1. The zero-order chi connectivity index (χ0) is 15.5. The summed E-state index contributed by atoms with van der Waals surface area (Å²) < 4.78 is 5.46. The smallest absolute Gasteiger partial charge is 0.258 e. The highest BCUT2D eigenvalue weighted by molar-refractivity contribution is 5.78. The lowest BCUT2D eigenvalue weighted by molar-refractivity contribution is -0.124.